The Labute approximate surface area is 139 Å². The van der Waals surface area contributed by atoms with Crippen LogP contribution >= 0.6 is 15.9 Å². The number of nitrogens with one attached hydrogen (secondary N) is 2. The molecule has 0 aliphatic rings. The quantitative estimate of drug-likeness (QED) is 0.838. The van der Waals surface area contributed by atoms with Gasteiger partial charge in [0.25, 0.3) is 0 Å². The minimum atomic E-state index is -4.47. The van der Waals surface area contributed by atoms with Crippen LogP contribution in [-0.2, 0) is 18.0 Å². The number of alkyl halides is 3. The molecule has 0 spiro atoms. The van der Waals surface area contributed by atoms with E-state index in [1.165, 1.54) is 16.8 Å². The van der Waals surface area contributed by atoms with E-state index in [1.807, 2.05) is 0 Å². The molecular formula is C14H14BrF3N4O. The molecule has 0 aliphatic heterocycles. The molecule has 0 unspecified atom stereocenters. The summed E-state index contributed by atoms with van der Waals surface area (Å²) in [6, 6.07) is 5.39. The van der Waals surface area contributed by atoms with Crippen molar-refractivity contribution in [3.63, 3.8) is 0 Å². The van der Waals surface area contributed by atoms with E-state index in [4.69, 9.17) is 0 Å². The molecule has 1 aromatic carbocycles. The Morgan fingerprint density at radius 3 is 2.61 bits per heavy atom. The summed E-state index contributed by atoms with van der Waals surface area (Å²) < 4.78 is 39.9. The van der Waals surface area contributed by atoms with Crippen molar-refractivity contribution in [2.75, 3.05) is 17.2 Å². The summed E-state index contributed by atoms with van der Waals surface area (Å²) in [5, 5.41) is 9.38. The Morgan fingerprint density at radius 2 is 2.04 bits per heavy atom. The zero-order valence-electron chi connectivity index (χ0n) is 12.3. The zero-order chi connectivity index (χ0) is 17.2. The Bertz CT molecular complexity index is 727. The Kier molecular flexibility index (Phi) is 4.98. The number of carbonyl (C=O) groups excluding carboxylic acids is 1. The molecule has 2 N–H and O–H groups in total. The van der Waals surface area contributed by atoms with Crippen LogP contribution in [0.4, 0.5) is 24.7 Å². The number of benzene rings is 1. The minimum Gasteiger partial charge on any atom is -0.376 e. The van der Waals surface area contributed by atoms with E-state index in [1.54, 1.807) is 20.0 Å². The largest absolute Gasteiger partial charge is 0.417 e. The van der Waals surface area contributed by atoms with Crippen molar-refractivity contribution < 1.29 is 18.0 Å². The molecule has 2 aromatic rings. The fourth-order valence-electron chi connectivity index (χ4n) is 1.95. The molecule has 0 saturated heterocycles. The third kappa shape index (κ3) is 4.47. The van der Waals surface area contributed by atoms with Gasteiger partial charge in [0, 0.05) is 23.3 Å². The summed E-state index contributed by atoms with van der Waals surface area (Å²) in [5.41, 5.74) is 0.153. The molecular weight excluding hydrogens is 377 g/mol. The topological polar surface area (TPSA) is 59.0 Å². The van der Waals surface area contributed by atoms with Crippen molar-refractivity contribution >= 4 is 33.3 Å². The molecule has 2 rings (SSSR count). The fourth-order valence-corrected chi connectivity index (χ4v) is 2.42. The van der Waals surface area contributed by atoms with Crippen LogP contribution in [0.15, 0.2) is 28.7 Å². The lowest BCUT2D eigenvalue weighted by molar-refractivity contribution is -0.138. The van der Waals surface area contributed by atoms with Gasteiger partial charge < -0.3 is 10.6 Å². The SMILES string of the molecule is Cc1cc(NC(=O)CNc2ccc(Br)c(C(F)(F)F)c2)n(C)n1. The van der Waals surface area contributed by atoms with Gasteiger partial charge in [0.2, 0.25) is 5.91 Å². The van der Waals surface area contributed by atoms with Gasteiger partial charge in [-0.2, -0.15) is 18.3 Å². The Hall–Kier alpha value is -2.03. The lowest BCUT2D eigenvalue weighted by Crippen LogP contribution is -2.23. The van der Waals surface area contributed by atoms with Gasteiger partial charge in [-0.15, -0.1) is 0 Å². The van der Waals surface area contributed by atoms with Crippen LogP contribution in [0, 0.1) is 6.92 Å². The number of amides is 1. The number of nitrogens with zero attached hydrogens (tertiary/aromatic N) is 2. The first-order chi connectivity index (χ1) is 10.7. The predicted octanol–water partition coefficient (Wildman–Crippen LogP) is 3.56. The van der Waals surface area contributed by atoms with Gasteiger partial charge in [-0.3, -0.25) is 9.48 Å². The Morgan fingerprint density at radius 1 is 1.35 bits per heavy atom. The zero-order valence-corrected chi connectivity index (χ0v) is 13.9. The predicted molar refractivity (Wildman–Crippen MR) is 84.2 cm³/mol. The van der Waals surface area contributed by atoms with Crippen LogP contribution in [0.3, 0.4) is 0 Å². The fraction of sp³-hybridized carbons (Fsp3) is 0.286. The maximum absolute atomic E-state index is 12.8. The first-order valence-corrected chi connectivity index (χ1v) is 7.37. The van der Waals surface area contributed by atoms with Crippen molar-refractivity contribution in [2.24, 2.45) is 7.05 Å². The highest BCUT2D eigenvalue weighted by atomic mass is 79.9. The number of rotatable bonds is 4. The molecule has 5 nitrogen and oxygen atoms in total. The number of aryl methyl sites for hydroxylation is 2. The van der Waals surface area contributed by atoms with Crippen molar-refractivity contribution in [1.29, 1.82) is 0 Å². The number of aromatic nitrogens is 2. The summed E-state index contributed by atoms with van der Waals surface area (Å²) in [5.74, 6) is 0.130. The van der Waals surface area contributed by atoms with Gasteiger partial charge in [-0.05, 0) is 25.1 Å². The van der Waals surface area contributed by atoms with Crippen LogP contribution in [0.1, 0.15) is 11.3 Å². The van der Waals surface area contributed by atoms with Crippen LogP contribution in [0.2, 0.25) is 0 Å². The number of hydrogen-bond donors (Lipinski definition) is 2. The first kappa shape index (κ1) is 17.3. The highest BCUT2D eigenvalue weighted by Gasteiger charge is 2.33. The number of hydrogen-bond acceptors (Lipinski definition) is 3. The van der Waals surface area contributed by atoms with Crippen molar-refractivity contribution in [3.05, 3.63) is 40.0 Å². The molecule has 0 aliphatic carbocycles. The molecule has 1 heterocycles. The van der Waals surface area contributed by atoms with E-state index in [0.717, 1.165) is 11.8 Å². The lowest BCUT2D eigenvalue weighted by atomic mass is 10.2. The lowest BCUT2D eigenvalue weighted by Gasteiger charge is -2.12. The van der Waals surface area contributed by atoms with Crippen molar-refractivity contribution in [2.45, 2.75) is 13.1 Å². The summed E-state index contributed by atoms with van der Waals surface area (Å²) >= 11 is 2.86. The normalized spacial score (nSPS) is 11.4. The van der Waals surface area contributed by atoms with E-state index in [2.05, 4.69) is 31.7 Å². The summed E-state index contributed by atoms with van der Waals surface area (Å²) in [7, 11) is 1.68. The maximum Gasteiger partial charge on any atom is 0.417 e. The van der Waals surface area contributed by atoms with E-state index < -0.39 is 11.7 Å². The van der Waals surface area contributed by atoms with Crippen LogP contribution in [-0.4, -0.2) is 22.2 Å². The Balaban J connectivity index is 2.01. The third-order valence-corrected chi connectivity index (χ3v) is 3.69. The van der Waals surface area contributed by atoms with Crippen molar-refractivity contribution in [3.8, 4) is 0 Å². The highest BCUT2D eigenvalue weighted by Crippen LogP contribution is 2.36. The second-order valence-corrected chi connectivity index (χ2v) is 5.74. The second-order valence-electron chi connectivity index (χ2n) is 4.89. The van der Waals surface area contributed by atoms with Gasteiger partial charge in [-0.25, -0.2) is 0 Å². The van der Waals surface area contributed by atoms with Gasteiger partial charge in [0.05, 0.1) is 17.8 Å². The monoisotopic (exact) mass is 390 g/mol. The molecule has 0 atom stereocenters. The number of anilines is 2. The molecule has 1 amide bonds. The molecule has 0 radical (unpaired) electrons. The third-order valence-electron chi connectivity index (χ3n) is 2.99. The van der Waals surface area contributed by atoms with Gasteiger partial charge in [0.15, 0.2) is 0 Å². The highest BCUT2D eigenvalue weighted by molar-refractivity contribution is 9.10. The standard InChI is InChI=1S/C14H14BrF3N4O/c1-8-5-12(22(2)21-8)20-13(23)7-19-9-3-4-11(15)10(6-9)14(16,17)18/h3-6,19H,7H2,1-2H3,(H,20,23). The summed E-state index contributed by atoms with van der Waals surface area (Å²) in [4.78, 5) is 11.8. The molecule has 23 heavy (non-hydrogen) atoms. The average molecular weight is 391 g/mol. The first-order valence-electron chi connectivity index (χ1n) is 6.58. The smallest absolute Gasteiger partial charge is 0.376 e. The number of halogens is 4. The van der Waals surface area contributed by atoms with Crippen LogP contribution in [0.5, 0.6) is 0 Å². The van der Waals surface area contributed by atoms with E-state index in [0.29, 0.717) is 5.82 Å². The van der Waals surface area contributed by atoms with E-state index in [9.17, 15) is 18.0 Å². The second kappa shape index (κ2) is 6.61. The van der Waals surface area contributed by atoms with Gasteiger partial charge >= 0.3 is 6.18 Å². The van der Waals surface area contributed by atoms with Crippen LogP contribution in [0.25, 0.3) is 0 Å². The van der Waals surface area contributed by atoms with Gasteiger partial charge in [0.1, 0.15) is 5.82 Å². The molecule has 9 heteroatoms. The van der Waals surface area contributed by atoms with E-state index >= 15 is 0 Å². The molecule has 1 aromatic heterocycles. The molecule has 0 bridgehead atoms. The summed E-state index contributed by atoms with van der Waals surface area (Å²) in [6.07, 6.45) is -4.47. The maximum atomic E-state index is 12.8. The van der Waals surface area contributed by atoms with Crippen molar-refractivity contribution in [1.82, 2.24) is 9.78 Å². The van der Waals surface area contributed by atoms with Crippen LogP contribution < -0.4 is 10.6 Å². The summed E-state index contributed by atoms with van der Waals surface area (Å²) in [6.45, 7) is 1.62. The molecule has 124 valence electrons. The van der Waals surface area contributed by atoms with E-state index in [-0.39, 0.29) is 22.6 Å². The average Bonchev–Trinajstić information content (AvgIpc) is 2.74. The van der Waals surface area contributed by atoms with Gasteiger partial charge in [-0.1, -0.05) is 15.9 Å². The molecule has 0 saturated carbocycles. The molecule has 0 fully saturated rings. The number of carbonyl (C=O) groups is 1. The minimum absolute atomic E-state index is 0.0506.